The molecule has 7 heteroatoms. The number of nitrogens with one attached hydrogen (secondary N) is 1. The molecule has 0 aromatic heterocycles. The SMILES string of the molecule is CCCCCCOc1ccc(NC(=O)C2CC(=O)N(c3ccccc3)C(=Nc3ccccc3)S2)cc1. The van der Waals surface area contributed by atoms with Crippen molar-refractivity contribution in [3.05, 3.63) is 84.9 Å². The molecule has 1 atom stereocenters. The Kier molecular flexibility index (Phi) is 9.16. The number of para-hydroxylation sites is 2. The summed E-state index contributed by atoms with van der Waals surface area (Å²) in [5, 5.41) is 2.83. The fourth-order valence-corrected chi connectivity index (χ4v) is 4.94. The van der Waals surface area contributed by atoms with Crippen LogP contribution in [0.2, 0.25) is 0 Å². The Morgan fingerprint density at radius 3 is 2.36 bits per heavy atom. The van der Waals surface area contributed by atoms with Crippen LogP contribution >= 0.6 is 11.8 Å². The Labute approximate surface area is 216 Å². The molecule has 0 radical (unpaired) electrons. The van der Waals surface area contributed by atoms with Crippen molar-refractivity contribution in [3.8, 4) is 5.75 Å². The van der Waals surface area contributed by atoms with Crippen LogP contribution in [0.1, 0.15) is 39.0 Å². The first-order valence-electron chi connectivity index (χ1n) is 12.4. The van der Waals surface area contributed by atoms with Gasteiger partial charge in [-0.3, -0.25) is 14.5 Å². The van der Waals surface area contributed by atoms with E-state index in [-0.39, 0.29) is 18.2 Å². The molecule has 0 aliphatic carbocycles. The monoisotopic (exact) mass is 501 g/mol. The first-order valence-corrected chi connectivity index (χ1v) is 13.2. The Bertz CT molecular complexity index is 1170. The van der Waals surface area contributed by atoms with Gasteiger partial charge >= 0.3 is 0 Å². The van der Waals surface area contributed by atoms with Crippen molar-refractivity contribution >= 4 is 45.8 Å². The van der Waals surface area contributed by atoms with E-state index in [9.17, 15) is 9.59 Å². The second kappa shape index (κ2) is 12.9. The van der Waals surface area contributed by atoms with E-state index in [0.717, 1.165) is 23.5 Å². The summed E-state index contributed by atoms with van der Waals surface area (Å²) in [6, 6.07) is 26.2. The minimum Gasteiger partial charge on any atom is -0.494 e. The average Bonchev–Trinajstić information content (AvgIpc) is 2.90. The van der Waals surface area contributed by atoms with E-state index in [1.807, 2.05) is 84.9 Å². The number of nitrogens with zero attached hydrogens (tertiary/aromatic N) is 2. The van der Waals surface area contributed by atoms with E-state index in [4.69, 9.17) is 9.73 Å². The van der Waals surface area contributed by atoms with Gasteiger partial charge < -0.3 is 10.1 Å². The quantitative estimate of drug-likeness (QED) is 0.310. The third-order valence-electron chi connectivity index (χ3n) is 5.72. The molecule has 4 rings (SSSR count). The predicted octanol–water partition coefficient (Wildman–Crippen LogP) is 6.81. The van der Waals surface area contributed by atoms with Crippen LogP contribution < -0.4 is 15.0 Å². The van der Waals surface area contributed by atoms with Gasteiger partial charge in [-0.15, -0.1) is 0 Å². The van der Waals surface area contributed by atoms with Crippen LogP contribution in [0.5, 0.6) is 5.75 Å². The molecule has 1 aliphatic heterocycles. The molecule has 0 saturated carbocycles. The highest BCUT2D eigenvalue weighted by Crippen LogP contribution is 2.33. The predicted molar refractivity (Wildman–Crippen MR) is 148 cm³/mol. The van der Waals surface area contributed by atoms with Gasteiger partial charge in [0.2, 0.25) is 11.8 Å². The van der Waals surface area contributed by atoms with Gasteiger partial charge in [0.1, 0.15) is 11.0 Å². The van der Waals surface area contributed by atoms with Crippen molar-refractivity contribution in [2.45, 2.75) is 44.3 Å². The number of benzene rings is 3. The van der Waals surface area contributed by atoms with Crippen LogP contribution in [0, 0.1) is 0 Å². The third-order valence-corrected chi connectivity index (χ3v) is 6.87. The minimum atomic E-state index is -0.589. The number of aliphatic imine (C=N–C) groups is 1. The van der Waals surface area contributed by atoms with Crippen molar-refractivity contribution in [3.63, 3.8) is 0 Å². The summed E-state index contributed by atoms with van der Waals surface area (Å²) >= 11 is 1.30. The fraction of sp³-hybridized carbons (Fsp3) is 0.276. The van der Waals surface area contributed by atoms with Crippen molar-refractivity contribution in [1.29, 1.82) is 0 Å². The number of hydrogen-bond acceptors (Lipinski definition) is 5. The zero-order chi connectivity index (χ0) is 25.2. The highest BCUT2D eigenvalue weighted by Gasteiger charge is 2.36. The smallest absolute Gasteiger partial charge is 0.238 e. The number of amides is 2. The number of amidine groups is 1. The number of carbonyl (C=O) groups excluding carboxylic acids is 2. The number of unbranched alkanes of at least 4 members (excludes halogenated alkanes) is 3. The van der Waals surface area contributed by atoms with Gasteiger partial charge in [0, 0.05) is 12.1 Å². The maximum atomic E-state index is 13.2. The Morgan fingerprint density at radius 2 is 1.67 bits per heavy atom. The highest BCUT2D eigenvalue weighted by atomic mass is 32.2. The number of anilines is 2. The molecule has 3 aromatic rings. The Morgan fingerprint density at radius 1 is 0.972 bits per heavy atom. The van der Waals surface area contributed by atoms with Gasteiger partial charge in [0.15, 0.2) is 5.17 Å². The first-order chi connectivity index (χ1) is 17.6. The number of ether oxygens (including phenoxy) is 1. The van der Waals surface area contributed by atoms with E-state index >= 15 is 0 Å². The van der Waals surface area contributed by atoms with Crippen LogP contribution in [0.4, 0.5) is 17.1 Å². The van der Waals surface area contributed by atoms with Gasteiger partial charge in [-0.05, 0) is 55.0 Å². The molecular weight excluding hydrogens is 470 g/mol. The summed E-state index contributed by atoms with van der Waals surface area (Å²) in [4.78, 5) is 32.6. The second-order valence-electron chi connectivity index (χ2n) is 8.53. The summed E-state index contributed by atoms with van der Waals surface area (Å²) in [5.74, 6) is 0.388. The minimum absolute atomic E-state index is 0.0815. The summed E-state index contributed by atoms with van der Waals surface area (Å²) in [5.41, 5.74) is 2.12. The standard InChI is InChI=1S/C29H31N3O3S/c1-2-3-4-11-20-35-25-18-16-23(17-19-25)30-28(34)26-21-27(33)32(24-14-9-6-10-15-24)29(36-26)31-22-12-7-5-8-13-22/h5-10,12-19,26H,2-4,11,20-21H2,1H3,(H,30,34). The normalized spacial score (nSPS) is 16.7. The van der Waals surface area contributed by atoms with Gasteiger partial charge in [-0.2, -0.15) is 0 Å². The zero-order valence-electron chi connectivity index (χ0n) is 20.4. The van der Waals surface area contributed by atoms with Crippen LogP contribution in [-0.4, -0.2) is 28.8 Å². The number of hydrogen-bond donors (Lipinski definition) is 1. The molecule has 1 unspecified atom stereocenters. The third kappa shape index (κ3) is 6.98. The fourth-order valence-electron chi connectivity index (χ4n) is 3.82. The van der Waals surface area contributed by atoms with Crippen molar-refractivity contribution in [2.24, 2.45) is 4.99 Å². The van der Waals surface area contributed by atoms with Gasteiger partial charge in [0.05, 0.1) is 18.0 Å². The molecule has 1 heterocycles. The zero-order valence-corrected chi connectivity index (χ0v) is 21.2. The van der Waals surface area contributed by atoms with Crippen molar-refractivity contribution in [2.75, 3.05) is 16.8 Å². The number of thioether (sulfide) groups is 1. The molecule has 1 saturated heterocycles. The highest BCUT2D eigenvalue weighted by molar-refractivity contribution is 8.15. The lowest BCUT2D eigenvalue weighted by Crippen LogP contribution is -2.45. The van der Waals surface area contributed by atoms with Crippen molar-refractivity contribution in [1.82, 2.24) is 0 Å². The second-order valence-corrected chi connectivity index (χ2v) is 9.70. The summed E-state index contributed by atoms with van der Waals surface area (Å²) in [6.45, 7) is 2.87. The lowest BCUT2D eigenvalue weighted by atomic mass is 10.2. The molecule has 1 fully saturated rings. The lowest BCUT2D eigenvalue weighted by molar-refractivity contribution is -0.121. The summed E-state index contributed by atoms with van der Waals surface area (Å²) < 4.78 is 5.78. The Balaban J connectivity index is 1.44. The molecule has 36 heavy (non-hydrogen) atoms. The van der Waals surface area contributed by atoms with Crippen LogP contribution in [0.15, 0.2) is 89.9 Å². The number of rotatable bonds is 10. The topological polar surface area (TPSA) is 71.0 Å². The maximum Gasteiger partial charge on any atom is 0.238 e. The van der Waals surface area contributed by atoms with Gasteiger partial charge in [-0.1, -0.05) is 74.3 Å². The summed E-state index contributed by atoms with van der Waals surface area (Å²) in [6.07, 6.45) is 4.70. The van der Waals surface area contributed by atoms with E-state index in [1.165, 1.54) is 31.0 Å². The van der Waals surface area contributed by atoms with E-state index in [1.54, 1.807) is 4.90 Å². The van der Waals surface area contributed by atoms with Crippen molar-refractivity contribution < 1.29 is 14.3 Å². The van der Waals surface area contributed by atoms with Crippen LogP contribution in [0.25, 0.3) is 0 Å². The molecule has 1 aliphatic rings. The largest absolute Gasteiger partial charge is 0.494 e. The maximum absolute atomic E-state index is 13.2. The van der Waals surface area contributed by atoms with Crippen LogP contribution in [0.3, 0.4) is 0 Å². The molecule has 1 N–H and O–H groups in total. The first kappa shape index (κ1) is 25.5. The Hall–Kier alpha value is -3.58. The summed E-state index contributed by atoms with van der Waals surface area (Å²) in [7, 11) is 0. The molecule has 0 spiro atoms. The molecule has 2 amide bonds. The van der Waals surface area contributed by atoms with Gasteiger partial charge in [-0.25, -0.2) is 4.99 Å². The van der Waals surface area contributed by atoms with E-state index in [0.29, 0.717) is 17.5 Å². The molecular formula is C29H31N3O3S. The molecule has 186 valence electrons. The number of carbonyl (C=O) groups is 2. The molecule has 0 bridgehead atoms. The lowest BCUT2D eigenvalue weighted by Gasteiger charge is -2.31. The average molecular weight is 502 g/mol. The van der Waals surface area contributed by atoms with E-state index < -0.39 is 5.25 Å². The van der Waals surface area contributed by atoms with Crippen LogP contribution in [-0.2, 0) is 9.59 Å². The van der Waals surface area contributed by atoms with E-state index in [2.05, 4.69) is 12.2 Å². The molecule has 6 nitrogen and oxygen atoms in total. The van der Waals surface area contributed by atoms with Gasteiger partial charge in [0.25, 0.3) is 0 Å². The molecule has 3 aromatic carbocycles.